The smallest absolute Gasteiger partial charge is 0.339 e. The molecule has 0 unspecified atom stereocenters. The van der Waals surface area contributed by atoms with Crippen molar-refractivity contribution in [2.75, 3.05) is 0 Å². The Kier molecular flexibility index (Phi) is 4.42. The molecule has 0 radical (unpaired) electrons. The molecule has 5 nitrogen and oxygen atoms in total. The van der Waals surface area contributed by atoms with Gasteiger partial charge < -0.3 is 5.11 Å². The van der Waals surface area contributed by atoms with Gasteiger partial charge in [0.15, 0.2) is 0 Å². The molecule has 1 N–H and O–H groups in total. The molecule has 0 aliphatic heterocycles. The standard InChI is InChI=1S/C19H19N3O2/c1-3-6-16-17(19(23)24)18(14-8-5-10-20-12-14)21-22(16)15-9-4-7-13(2)11-15/h4-5,7-12H,3,6H2,1-2H3,(H,23,24). The van der Waals surface area contributed by atoms with Gasteiger partial charge in [-0.25, -0.2) is 9.48 Å². The van der Waals surface area contributed by atoms with Crippen molar-refractivity contribution in [2.45, 2.75) is 26.7 Å². The zero-order chi connectivity index (χ0) is 17.1. The molecular formula is C19H19N3O2. The summed E-state index contributed by atoms with van der Waals surface area (Å²) in [5.74, 6) is -0.962. The van der Waals surface area contributed by atoms with E-state index in [4.69, 9.17) is 0 Å². The number of pyridine rings is 1. The highest BCUT2D eigenvalue weighted by Gasteiger charge is 2.24. The molecule has 0 amide bonds. The van der Waals surface area contributed by atoms with Crippen molar-refractivity contribution < 1.29 is 9.90 Å². The van der Waals surface area contributed by atoms with Gasteiger partial charge in [-0.3, -0.25) is 4.98 Å². The molecule has 0 aliphatic rings. The second-order valence-corrected chi connectivity index (χ2v) is 5.72. The van der Waals surface area contributed by atoms with Gasteiger partial charge in [0.05, 0.1) is 11.4 Å². The summed E-state index contributed by atoms with van der Waals surface area (Å²) in [5, 5.41) is 14.4. The first-order valence-corrected chi connectivity index (χ1v) is 7.94. The second-order valence-electron chi connectivity index (χ2n) is 5.72. The summed E-state index contributed by atoms with van der Waals surface area (Å²) in [6, 6.07) is 11.5. The van der Waals surface area contributed by atoms with Crippen LogP contribution in [0.5, 0.6) is 0 Å². The molecule has 2 heterocycles. The predicted octanol–water partition coefficient (Wildman–Crippen LogP) is 3.89. The summed E-state index contributed by atoms with van der Waals surface area (Å²) in [5.41, 5.74) is 4.11. The van der Waals surface area contributed by atoms with Crippen LogP contribution in [-0.4, -0.2) is 25.8 Å². The minimum absolute atomic E-state index is 0.256. The van der Waals surface area contributed by atoms with E-state index in [0.29, 0.717) is 17.7 Å². The zero-order valence-corrected chi connectivity index (χ0v) is 13.7. The monoisotopic (exact) mass is 321 g/mol. The van der Waals surface area contributed by atoms with Crippen LogP contribution in [0.1, 0.15) is 35.0 Å². The normalized spacial score (nSPS) is 10.8. The third kappa shape index (κ3) is 2.93. The number of hydrogen-bond acceptors (Lipinski definition) is 3. The summed E-state index contributed by atoms with van der Waals surface area (Å²) in [6.45, 7) is 4.04. The van der Waals surface area contributed by atoms with Crippen LogP contribution in [0.15, 0.2) is 48.8 Å². The highest BCUT2D eigenvalue weighted by atomic mass is 16.4. The van der Waals surface area contributed by atoms with Gasteiger partial charge >= 0.3 is 5.97 Å². The molecular weight excluding hydrogens is 302 g/mol. The summed E-state index contributed by atoms with van der Waals surface area (Å²) in [7, 11) is 0. The van der Waals surface area contributed by atoms with Crippen LogP contribution in [0.25, 0.3) is 16.9 Å². The predicted molar refractivity (Wildman–Crippen MR) is 92.5 cm³/mol. The van der Waals surface area contributed by atoms with Gasteiger partial charge in [0, 0.05) is 18.0 Å². The second kappa shape index (κ2) is 6.66. The van der Waals surface area contributed by atoms with E-state index in [1.807, 2.05) is 44.2 Å². The first-order valence-electron chi connectivity index (χ1n) is 7.94. The van der Waals surface area contributed by atoms with Gasteiger partial charge in [0.2, 0.25) is 0 Å². The quantitative estimate of drug-likeness (QED) is 0.774. The maximum Gasteiger partial charge on any atom is 0.339 e. The van der Waals surface area contributed by atoms with Crippen molar-refractivity contribution in [2.24, 2.45) is 0 Å². The largest absolute Gasteiger partial charge is 0.478 e. The van der Waals surface area contributed by atoms with Gasteiger partial charge in [-0.05, 0) is 43.2 Å². The molecule has 0 fully saturated rings. The van der Waals surface area contributed by atoms with E-state index >= 15 is 0 Å². The van der Waals surface area contributed by atoms with E-state index < -0.39 is 5.97 Å². The molecule has 0 aliphatic carbocycles. The van der Waals surface area contributed by atoms with Crippen LogP contribution in [0.4, 0.5) is 0 Å². The lowest BCUT2D eigenvalue weighted by molar-refractivity contribution is 0.0696. The fourth-order valence-corrected chi connectivity index (χ4v) is 2.82. The molecule has 0 atom stereocenters. The maximum absolute atomic E-state index is 11.9. The first-order chi connectivity index (χ1) is 11.6. The highest BCUT2D eigenvalue weighted by Crippen LogP contribution is 2.28. The van der Waals surface area contributed by atoms with Gasteiger partial charge in [-0.1, -0.05) is 25.5 Å². The molecule has 2 aromatic heterocycles. The van der Waals surface area contributed by atoms with Crippen LogP contribution in [-0.2, 0) is 6.42 Å². The number of benzene rings is 1. The summed E-state index contributed by atoms with van der Waals surface area (Å²) < 4.78 is 1.75. The SMILES string of the molecule is CCCc1c(C(=O)O)c(-c2cccnc2)nn1-c1cccc(C)c1. The Labute approximate surface area is 140 Å². The Balaban J connectivity index is 2.28. The summed E-state index contributed by atoms with van der Waals surface area (Å²) in [6.07, 6.45) is 4.78. The Morgan fingerprint density at radius 3 is 2.71 bits per heavy atom. The van der Waals surface area contributed by atoms with Crippen molar-refractivity contribution in [1.29, 1.82) is 0 Å². The van der Waals surface area contributed by atoms with Gasteiger partial charge in [0.25, 0.3) is 0 Å². The number of hydrogen-bond donors (Lipinski definition) is 1. The third-order valence-electron chi connectivity index (χ3n) is 3.86. The maximum atomic E-state index is 11.9. The van der Waals surface area contributed by atoms with Crippen LogP contribution >= 0.6 is 0 Å². The minimum Gasteiger partial charge on any atom is -0.478 e. The molecule has 5 heteroatoms. The van der Waals surface area contributed by atoms with Crippen molar-refractivity contribution in [3.05, 3.63) is 65.6 Å². The molecule has 1 aromatic carbocycles. The molecule has 3 rings (SSSR count). The molecule has 0 spiro atoms. The van der Waals surface area contributed by atoms with Gasteiger partial charge in [-0.2, -0.15) is 5.10 Å². The molecule has 0 bridgehead atoms. The van der Waals surface area contributed by atoms with Gasteiger partial charge in [0.1, 0.15) is 11.3 Å². The summed E-state index contributed by atoms with van der Waals surface area (Å²) in [4.78, 5) is 16.0. The average molecular weight is 321 g/mol. The van der Waals surface area contributed by atoms with E-state index in [-0.39, 0.29) is 5.56 Å². The number of aromatic carboxylic acids is 1. The lowest BCUT2D eigenvalue weighted by Gasteiger charge is -2.08. The number of aryl methyl sites for hydroxylation is 1. The Morgan fingerprint density at radius 2 is 2.08 bits per heavy atom. The fourth-order valence-electron chi connectivity index (χ4n) is 2.82. The Morgan fingerprint density at radius 1 is 1.25 bits per heavy atom. The first kappa shape index (κ1) is 15.9. The number of carbonyl (C=O) groups is 1. The highest BCUT2D eigenvalue weighted by molar-refractivity contribution is 5.96. The molecule has 122 valence electrons. The van der Waals surface area contributed by atoms with Crippen molar-refractivity contribution in [3.63, 3.8) is 0 Å². The number of carboxylic acids is 1. The Bertz CT molecular complexity index is 870. The summed E-state index contributed by atoms with van der Waals surface area (Å²) >= 11 is 0. The van der Waals surface area contributed by atoms with E-state index in [2.05, 4.69) is 10.1 Å². The molecule has 3 aromatic rings. The van der Waals surface area contributed by atoms with Crippen molar-refractivity contribution >= 4 is 5.97 Å². The van der Waals surface area contributed by atoms with Crippen molar-refractivity contribution in [1.82, 2.24) is 14.8 Å². The minimum atomic E-state index is -0.962. The number of rotatable bonds is 5. The topological polar surface area (TPSA) is 68.0 Å². The zero-order valence-electron chi connectivity index (χ0n) is 13.7. The number of nitrogens with zero attached hydrogens (tertiary/aromatic N) is 3. The van der Waals surface area contributed by atoms with Crippen LogP contribution in [0.2, 0.25) is 0 Å². The number of carboxylic acid groups (broad SMARTS) is 1. The average Bonchev–Trinajstić information content (AvgIpc) is 2.96. The van der Waals surface area contributed by atoms with E-state index in [9.17, 15) is 9.90 Å². The van der Waals surface area contributed by atoms with Crippen LogP contribution in [0, 0.1) is 6.92 Å². The molecule has 0 saturated carbocycles. The third-order valence-corrected chi connectivity index (χ3v) is 3.86. The van der Waals surface area contributed by atoms with Gasteiger partial charge in [-0.15, -0.1) is 0 Å². The van der Waals surface area contributed by atoms with Crippen LogP contribution < -0.4 is 0 Å². The Hall–Kier alpha value is -2.95. The lowest BCUT2D eigenvalue weighted by atomic mass is 10.0. The number of aromatic nitrogens is 3. The van der Waals surface area contributed by atoms with E-state index in [0.717, 1.165) is 23.4 Å². The van der Waals surface area contributed by atoms with Crippen LogP contribution in [0.3, 0.4) is 0 Å². The van der Waals surface area contributed by atoms with E-state index in [1.165, 1.54) is 0 Å². The molecule has 0 saturated heterocycles. The van der Waals surface area contributed by atoms with Crippen molar-refractivity contribution in [3.8, 4) is 16.9 Å². The lowest BCUT2D eigenvalue weighted by Crippen LogP contribution is -2.06. The molecule has 24 heavy (non-hydrogen) atoms. The fraction of sp³-hybridized carbons (Fsp3) is 0.211. The van der Waals surface area contributed by atoms with E-state index in [1.54, 1.807) is 23.1 Å².